The van der Waals surface area contributed by atoms with E-state index < -0.39 is 11.8 Å². The van der Waals surface area contributed by atoms with Crippen molar-refractivity contribution in [1.29, 1.82) is 0 Å². The fraction of sp³-hybridized carbons (Fsp3) is 0.143. The van der Waals surface area contributed by atoms with Crippen LogP contribution in [0.15, 0.2) is 77.8 Å². The molecule has 0 aromatic heterocycles. The maximum absolute atomic E-state index is 13.7. The van der Waals surface area contributed by atoms with Crippen molar-refractivity contribution < 1.29 is 28.9 Å². The molecule has 0 atom stereocenters. The van der Waals surface area contributed by atoms with Crippen LogP contribution in [0.1, 0.15) is 35.3 Å². The predicted molar refractivity (Wildman–Crippen MR) is 159 cm³/mol. The molecule has 1 N–H and O–H groups in total. The quantitative estimate of drug-likeness (QED) is 0.148. The number of rotatable bonds is 7. The van der Waals surface area contributed by atoms with Gasteiger partial charge >= 0.3 is 5.97 Å². The standard InChI is InChI=1S/C28H20Br4O6/c1-13(2)37-22-7-5-15(10-18(22)30)24-23(9-14-4-6-21(36-3)17(29)8-14)38-28(35)25(24)26(33)16-11-19(31)27(34)20(32)12-16/h4-13,34H,1-3H3/b23-9-. The number of methoxy groups -OCH3 is 1. The van der Waals surface area contributed by atoms with Crippen LogP contribution in [-0.4, -0.2) is 30.1 Å². The zero-order valence-electron chi connectivity index (χ0n) is 20.3. The van der Waals surface area contributed by atoms with Crippen molar-refractivity contribution in [3.8, 4) is 17.2 Å². The van der Waals surface area contributed by atoms with Crippen LogP contribution < -0.4 is 9.47 Å². The summed E-state index contributed by atoms with van der Waals surface area (Å²) >= 11 is 13.5. The highest BCUT2D eigenvalue weighted by Gasteiger charge is 2.36. The number of carbonyl (C=O) groups is 2. The first kappa shape index (κ1) is 28.6. The van der Waals surface area contributed by atoms with Crippen molar-refractivity contribution in [2.75, 3.05) is 7.11 Å². The fourth-order valence-electron chi connectivity index (χ4n) is 3.79. The second-order valence-electron chi connectivity index (χ2n) is 8.47. The molecule has 0 unspecified atom stereocenters. The summed E-state index contributed by atoms with van der Waals surface area (Å²) in [5.74, 6) is 0.109. The zero-order chi connectivity index (χ0) is 27.7. The third-order valence-corrected chi connectivity index (χ3v) is 7.91. The van der Waals surface area contributed by atoms with E-state index in [-0.39, 0.29) is 28.7 Å². The highest BCUT2D eigenvalue weighted by atomic mass is 79.9. The van der Waals surface area contributed by atoms with Gasteiger partial charge in [0.25, 0.3) is 0 Å². The number of hydrogen-bond donors (Lipinski definition) is 1. The average Bonchev–Trinajstić information content (AvgIpc) is 3.18. The monoisotopic (exact) mass is 768 g/mol. The number of esters is 1. The van der Waals surface area contributed by atoms with Gasteiger partial charge in [-0.25, -0.2) is 4.79 Å². The van der Waals surface area contributed by atoms with Gasteiger partial charge in [-0.2, -0.15) is 0 Å². The van der Waals surface area contributed by atoms with E-state index in [1.165, 1.54) is 12.1 Å². The summed E-state index contributed by atoms with van der Waals surface area (Å²) in [6.07, 6.45) is 1.65. The van der Waals surface area contributed by atoms with E-state index in [2.05, 4.69) is 63.7 Å². The van der Waals surface area contributed by atoms with E-state index in [9.17, 15) is 14.7 Å². The van der Waals surface area contributed by atoms with Crippen LogP contribution in [0.3, 0.4) is 0 Å². The second kappa shape index (κ2) is 11.8. The molecule has 10 heteroatoms. The van der Waals surface area contributed by atoms with Crippen LogP contribution in [-0.2, 0) is 9.53 Å². The molecular formula is C28H20Br4O6. The molecule has 0 bridgehead atoms. The van der Waals surface area contributed by atoms with Crippen LogP contribution in [0.25, 0.3) is 11.6 Å². The third-order valence-electron chi connectivity index (χ3n) is 5.47. The molecule has 1 heterocycles. The van der Waals surface area contributed by atoms with Gasteiger partial charge in [0.1, 0.15) is 28.6 Å². The number of ketones is 1. The zero-order valence-corrected chi connectivity index (χ0v) is 26.6. The number of Topliss-reactive ketones (excluding diaryl/α,β-unsaturated/α-hetero) is 1. The Balaban J connectivity index is 1.92. The summed E-state index contributed by atoms with van der Waals surface area (Å²) in [5, 5.41) is 10.1. The summed E-state index contributed by atoms with van der Waals surface area (Å²) in [6.45, 7) is 3.84. The minimum atomic E-state index is -0.775. The predicted octanol–water partition coefficient (Wildman–Crippen LogP) is 8.47. The van der Waals surface area contributed by atoms with Crippen LogP contribution in [0.4, 0.5) is 0 Å². The summed E-state index contributed by atoms with van der Waals surface area (Å²) in [4.78, 5) is 26.9. The number of hydrogen-bond acceptors (Lipinski definition) is 6. The summed E-state index contributed by atoms with van der Waals surface area (Å²) < 4.78 is 18.8. The van der Waals surface area contributed by atoms with Gasteiger partial charge in [0, 0.05) is 11.1 Å². The van der Waals surface area contributed by atoms with E-state index in [1.807, 2.05) is 26.0 Å². The normalized spacial score (nSPS) is 14.3. The van der Waals surface area contributed by atoms with Crippen molar-refractivity contribution in [1.82, 2.24) is 0 Å². The number of allylic oxidation sites excluding steroid dienone is 1. The Kier molecular flexibility index (Phi) is 8.86. The molecule has 0 spiro atoms. The SMILES string of the molecule is COc1ccc(/C=C2\OC(=O)C(C(=O)c3cc(Br)c(O)c(Br)c3)=C2c2ccc(OC(C)C)c(Br)c2)cc1Br. The molecule has 0 fully saturated rings. The van der Waals surface area contributed by atoms with Crippen molar-refractivity contribution in [2.45, 2.75) is 20.0 Å². The molecule has 0 saturated heterocycles. The lowest BCUT2D eigenvalue weighted by Gasteiger charge is -2.13. The average molecular weight is 772 g/mol. The van der Waals surface area contributed by atoms with Crippen LogP contribution in [0, 0.1) is 0 Å². The lowest BCUT2D eigenvalue weighted by molar-refractivity contribution is -0.132. The lowest BCUT2D eigenvalue weighted by atomic mass is 9.93. The Bertz CT molecular complexity index is 1500. The topological polar surface area (TPSA) is 82.1 Å². The van der Waals surface area contributed by atoms with Gasteiger partial charge in [-0.1, -0.05) is 12.1 Å². The number of phenols is 1. The lowest BCUT2D eigenvalue weighted by Crippen LogP contribution is -2.11. The Morgan fingerprint density at radius 3 is 2.13 bits per heavy atom. The second-order valence-corrected chi connectivity index (χ2v) is 11.9. The molecule has 3 aromatic carbocycles. The van der Waals surface area contributed by atoms with Crippen LogP contribution in [0.2, 0.25) is 0 Å². The number of phenolic OH excluding ortho intramolecular Hbond substituents is 1. The Morgan fingerprint density at radius 2 is 1.55 bits per heavy atom. The van der Waals surface area contributed by atoms with Crippen LogP contribution in [0.5, 0.6) is 17.2 Å². The molecule has 1 aliphatic heterocycles. The minimum absolute atomic E-state index is 0.0414. The van der Waals surface area contributed by atoms with E-state index in [4.69, 9.17) is 14.2 Å². The fourth-order valence-corrected chi connectivity index (χ4v) is 6.01. The van der Waals surface area contributed by atoms with Gasteiger partial charge in [0.2, 0.25) is 5.78 Å². The molecule has 38 heavy (non-hydrogen) atoms. The van der Waals surface area contributed by atoms with Gasteiger partial charge in [-0.3, -0.25) is 4.79 Å². The Hall–Kier alpha value is -2.40. The van der Waals surface area contributed by atoms with E-state index in [1.54, 1.807) is 37.5 Å². The molecule has 3 aromatic rings. The van der Waals surface area contributed by atoms with Gasteiger partial charge in [-0.15, -0.1) is 0 Å². The molecule has 0 amide bonds. The van der Waals surface area contributed by atoms with Gasteiger partial charge < -0.3 is 19.3 Å². The van der Waals surface area contributed by atoms with Crippen molar-refractivity contribution in [2.24, 2.45) is 0 Å². The highest BCUT2D eigenvalue weighted by Crippen LogP contribution is 2.41. The molecule has 196 valence electrons. The molecule has 0 saturated carbocycles. The number of cyclic esters (lactones) is 1. The van der Waals surface area contributed by atoms with E-state index in [0.717, 1.165) is 10.0 Å². The summed E-state index contributed by atoms with van der Waals surface area (Å²) in [7, 11) is 1.57. The number of benzene rings is 3. The minimum Gasteiger partial charge on any atom is -0.506 e. The van der Waals surface area contributed by atoms with Crippen molar-refractivity contribution in [3.63, 3.8) is 0 Å². The molecule has 0 radical (unpaired) electrons. The van der Waals surface area contributed by atoms with Crippen molar-refractivity contribution in [3.05, 3.63) is 94.4 Å². The molecule has 0 aliphatic carbocycles. The first-order valence-electron chi connectivity index (χ1n) is 11.2. The molecular weight excluding hydrogens is 752 g/mol. The number of aromatic hydroxyl groups is 1. The first-order chi connectivity index (χ1) is 18.0. The molecule has 4 rings (SSSR count). The van der Waals surface area contributed by atoms with E-state index in [0.29, 0.717) is 36.1 Å². The number of ether oxygens (including phenoxy) is 3. The first-order valence-corrected chi connectivity index (χ1v) is 14.4. The Labute approximate surface area is 253 Å². The summed E-state index contributed by atoms with van der Waals surface area (Å²) in [6, 6.07) is 13.6. The smallest absolute Gasteiger partial charge is 0.348 e. The van der Waals surface area contributed by atoms with Crippen LogP contribution >= 0.6 is 63.7 Å². The summed E-state index contributed by atoms with van der Waals surface area (Å²) in [5.41, 5.74) is 1.71. The number of carbonyl (C=O) groups excluding carboxylic acids is 2. The Morgan fingerprint density at radius 1 is 0.921 bits per heavy atom. The van der Waals surface area contributed by atoms with Gasteiger partial charge in [0.05, 0.1) is 31.1 Å². The van der Waals surface area contributed by atoms with Crippen molar-refractivity contribution >= 4 is 87.1 Å². The van der Waals surface area contributed by atoms with Gasteiger partial charge in [0.15, 0.2) is 0 Å². The maximum Gasteiger partial charge on any atom is 0.348 e. The molecule has 6 nitrogen and oxygen atoms in total. The largest absolute Gasteiger partial charge is 0.506 e. The van der Waals surface area contributed by atoms with Gasteiger partial charge in [-0.05, 0) is 131 Å². The van der Waals surface area contributed by atoms with E-state index >= 15 is 0 Å². The highest BCUT2D eigenvalue weighted by molar-refractivity contribution is 9.11. The number of halogens is 4. The third kappa shape index (κ3) is 5.93. The maximum atomic E-state index is 13.7. The molecule has 1 aliphatic rings.